The fourth-order valence-corrected chi connectivity index (χ4v) is 1.57. The Morgan fingerprint density at radius 1 is 1.29 bits per heavy atom. The van der Waals surface area contributed by atoms with Gasteiger partial charge in [0.15, 0.2) is 12.4 Å². The van der Waals surface area contributed by atoms with Gasteiger partial charge in [-0.25, -0.2) is 4.79 Å². The van der Waals surface area contributed by atoms with Crippen molar-refractivity contribution in [2.24, 2.45) is 0 Å². The van der Waals surface area contributed by atoms with Crippen molar-refractivity contribution in [2.75, 3.05) is 20.3 Å². The first-order valence-corrected chi connectivity index (χ1v) is 5.46. The highest BCUT2D eigenvalue weighted by atomic mass is 16.7. The maximum Gasteiger partial charge on any atom is 0.407 e. The number of hydrogen-bond acceptors (Lipinski definition) is 4. The number of ether oxygens (including phenoxy) is 3. The molecule has 1 amide bonds. The lowest BCUT2D eigenvalue weighted by molar-refractivity contribution is -0.220. The third-order valence-corrected chi connectivity index (χ3v) is 2.42. The van der Waals surface area contributed by atoms with Crippen molar-refractivity contribution in [3.63, 3.8) is 0 Å². The largest absolute Gasteiger partial charge is 0.441 e. The van der Waals surface area contributed by atoms with Gasteiger partial charge in [-0.3, -0.25) is 0 Å². The third kappa shape index (κ3) is 3.18. The number of nitrogens with one attached hydrogen (secondary N) is 1. The summed E-state index contributed by atoms with van der Waals surface area (Å²) in [4.78, 5) is 11.0. The van der Waals surface area contributed by atoms with E-state index in [1.807, 2.05) is 30.3 Å². The van der Waals surface area contributed by atoms with Gasteiger partial charge in [0.1, 0.15) is 0 Å². The summed E-state index contributed by atoms with van der Waals surface area (Å²) in [5.41, 5.74) is 0.964. The number of benzene rings is 1. The first kappa shape index (κ1) is 11.9. The molecule has 1 fully saturated rings. The van der Waals surface area contributed by atoms with Crippen molar-refractivity contribution in [3.05, 3.63) is 35.9 Å². The van der Waals surface area contributed by atoms with Crippen LogP contribution in [0.2, 0.25) is 0 Å². The molecule has 0 radical (unpaired) electrons. The zero-order valence-corrected chi connectivity index (χ0v) is 9.59. The third-order valence-electron chi connectivity index (χ3n) is 2.42. The quantitative estimate of drug-likeness (QED) is 0.846. The maximum absolute atomic E-state index is 11.0. The molecule has 0 unspecified atom stereocenters. The summed E-state index contributed by atoms with van der Waals surface area (Å²) in [6.07, 6.45) is -1.20. The Balaban J connectivity index is 1.84. The van der Waals surface area contributed by atoms with E-state index in [0.717, 1.165) is 5.56 Å². The molecule has 0 saturated carbocycles. The number of carbonyl (C=O) groups is 1. The van der Waals surface area contributed by atoms with E-state index in [2.05, 4.69) is 5.32 Å². The Labute approximate surface area is 99.7 Å². The van der Waals surface area contributed by atoms with Gasteiger partial charge in [0.05, 0.1) is 13.2 Å². The molecular weight excluding hydrogens is 222 g/mol. The summed E-state index contributed by atoms with van der Waals surface area (Å²) in [5.74, 6) is 0. The van der Waals surface area contributed by atoms with Crippen molar-refractivity contribution in [1.29, 1.82) is 0 Å². The van der Waals surface area contributed by atoms with Crippen LogP contribution in [0, 0.1) is 0 Å². The smallest absolute Gasteiger partial charge is 0.407 e. The monoisotopic (exact) mass is 237 g/mol. The summed E-state index contributed by atoms with van der Waals surface area (Å²) in [5, 5.41) is 2.38. The summed E-state index contributed by atoms with van der Waals surface area (Å²) in [7, 11) is 1.51. The van der Waals surface area contributed by atoms with Gasteiger partial charge in [-0.15, -0.1) is 0 Å². The van der Waals surface area contributed by atoms with Crippen LogP contribution in [0.3, 0.4) is 0 Å². The summed E-state index contributed by atoms with van der Waals surface area (Å²) in [6.45, 7) is 0.681. The normalized spacial score (nSPS) is 24.1. The molecule has 1 N–H and O–H groups in total. The van der Waals surface area contributed by atoms with Crippen LogP contribution in [0.1, 0.15) is 11.9 Å². The van der Waals surface area contributed by atoms with E-state index in [9.17, 15) is 4.79 Å². The molecule has 92 valence electrons. The van der Waals surface area contributed by atoms with Gasteiger partial charge in [0.2, 0.25) is 0 Å². The second kappa shape index (κ2) is 5.65. The molecule has 17 heavy (non-hydrogen) atoms. The number of amides is 1. The minimum atomic E-state index is -0.472. The minimum Gasteiger partial charge on any atom is -0.441 e. The lowest BCUT2D eigenvalue weighted by Gasteiger charge is -2.29. The fraction of sp³-hybridized carbons (Fsp3) is 0.417. The molecule has 1 aromatic rings. The lowest BCUT2D eigenvalue weighted by atomic mass is 10.2. The topological polar surface area (TPSA) is 56.8 Å². The average Bonchev–Trinajstić information content (AvgIpc) is 2.40. The van der Waals surface area contributed by atoms with Gasteiger partial charge in [-0.2, -0.15) is 0 Å². The molecule has 0 spiro atoms. The van der Waals surface area contributed by atoms with Crippen molar-refractivity contribution in [2.45, 2.75) is 12.4 Å². The predicted molar refractivity (Wildman–Crippen MR) is 60.4 cm³/mol. The zero-order chi connectivity index (χ0) is 12.1. The Bertz CT molecular complexity index is 360. The van der Waals surface area contributed by atoms with Crippen LogP contribution in [0.5, 0.6) is 0 Å². The highest BCUT2D eigenvalue weighted by Gasteiger charge is 2.25. The van der Waals surface area contributed by atoms with Gasteiger partial charge >= 0.3 is 6.09 Å². The highest BCUT2D eigenvalue weighted by molar-refractivity contribution is 5.66. The second-order valence-corrected chi connectivity index (χ2v) is 3.69. The summed E-state index contributed by atoms with van der Waals surface area (Å²) >= 11 is 0. The Morgan fingerprint density at radius 2 is 1.94 bits per heavy atom. The molecule has 5 nitrogen and oxygen atoms in total. The summed E-state index contributed by atoms with van der Waals surface area (Å²) in [6, 6.07) is 9.66. The molecule has 0 aromatic heterocycles. The Hall–Kier alpha value is -1.59. The fourth-order valence-electron chi connectivity index (χ4n) is 1.57. The van der Waals surface area contributed by atoms with Gasteiger partial charge in [0, 0.05) is 12.6 Å². The zero-order valence-electron chi connectivity index (χ0n) is 9.59. The molecule has 1 saturated heterocycles. The Morgan fingerprint density at radius 3 is 2.53 bits per heavy atom. The second-order valence-electron chi connectivity index (χ2n) is 3.69. The average molecular weight is 237 g/mol. The van der Waals surface area contributed by atoms with Crippen LogP contribution < -0.4 is 5.32 Å². The van der Waals surface area contributed by atoms with Crippen LogP contribution in [0.25, 0.3) is 0 Å². The van der Waals surface area contributed by atoms with Crippen molar-refractivity contribution in [3.8, 4) is 0 Å². The standard InChI is InChI=1S/C12H15NO4/c1-13-12(14)17-10-7-15-11(16-8-10)9-5-3-2-4-6-9/h2-6,10-11H,7-8H2,1H3,(H,13,14). The van der Waals surface area contributed by atoms with Crippen LogP contribution >= 0.6 is 0 Å². The summed E-state index contributed by atoms with van der Waals surface area (Å²) < 4.78 is 16.0. The molecule has 1 aliphatic heterocycles. The molecule has 0 aliphatic carbocycles. The van der Waals surface area contributed by atoms with Gasteiger partial charge in [-0.1, -0.05) is 30.3 Å². The Kier molecular flexibility index (Phi) is 3.95. The maximum atomic E-state index is 11.0. The van der Waals surface area contributed by atoms with E-state index >= 15 is 0 Å². The van der Waals surface area contributed by atoms with Gasteiger partial charge in [-0.05, 0) is 0 Å². The molecular formula is C12H15NO4. The molecule has 0 bridgehead atoms. The molecule has 1 aliphatic rings. The first-order chi connectivity index (χ1) is 8.29. The van der Waals surface area contributed by atoms with Gasteiger partial charge in [0.25, 0.3) is 0 Å². The predicted octanol–water partition coefficient (Wildman–Crippen LogP) is 1.46. The molecule has 1 heterocycles. The van der Waals surface area contributed by atoms with E-state index < -0.39 is 6.09 Å². The van der Waals surface area contributed by atoms with Crippen LogP contribution in [-0.2, 0) is 14.2 Å². The first-order valence-electron chi connectivity index (χ1n) is 5.46. The van der Waals surface area contributed by atoms with E-state index in [4.69, 9.17) is 14.2 Å². The van der Waals surface area contributed by atoms with Crippen molar-refractivity contribution < 1.29 is 19.0 Å². The number of carbonyl (C=O) groups excluding carboxylic acids is 1. The minimum absolute atomic E-state index is 0.340. The van der Waals surface area contributed by atoms with Gasteiger partial charge < -0.3 is 19.5 Å². The highest BCUT2D eigenvalue weighted by Crippen LogP contribution is 2.23. The number of hydrogen-bond donors (Lipinski definition) is 1. The van der Waals surface area contributed by atoms with E-state index in [0.29, 0.717) is 13.2 Å². The molecule has 2 rings (SSSR count). The molecule has 1 aromatic carbocycles. The van der Waals surface area contributed by atoms with Crippen molar-refractivity contribution in [1.82, 2.24) is 5.32 Å². The number of rotatable bonds is 2. The lowest BCUT2D eigenvalue weighted by Crippen LogP contribution is -2.37. The van der Waals surface area contributed by atoms with Crippen LogP contribution in [-0.4, -0.2) is 32.5 Å². The van der Waals surface area contributed by atoms with E-state index in [-0.39, 0.29) is 12.4 Å². The molecule has 0 atom stereocenters. The SMILES string of the molecule is CNC(=O)OC1COC(c2ccccc2)OC1. The van der Waals surface area contributed by atoms with Crippen LogP contribution in [0.15, 0.2) is 30.3 Å². The van der Waals surface area contributed by atoms with E-state index in [1.54, 1.807) is 0 Å². The van der Waals surface area contributed by atoms with Crippen LogP contribution in [0.4, 0.5) is 4.79 Å². The van der Waals surface area contributed by atoms with E-state index in [1.165, 1.54) is 7.05 Å². The van der Waals surface area contributed by atoms with Crippen molar-refractivity contribution >= 4 is 6.09 Å². The molecule has 5 heteroatoms. The number of alkyl carbamates (subject to hydrolysis) is 1.